The molecule has 0 fully saturated rings. The molecule has 4 N–H and O–H groups in total. The molecular weight excluding hydrogens is 192 g/mol. The lowest BCUT2D eigenvalue weighted by Gasteiger charge is -2.21. The van der Waals surface area contributed by atoms with Crippen LogP contribution in [0.3, 0.4) is 0 Å². The summed E-state index contributed by atoms with van der Waals surface area (Å²) in [6, 6.07) is 0.186. The standard InChI is InChI=1S/C10H18N4O/c1-7(2)8(3-4-11)14-9-10(15)13-6-5-12-9/h5-8H,3-4,11H2,1-2H3,(H,12,14)(H,13,15). The van der Waals surface area contributed by atoms with Gasteiger partial charge in [-0.2, -0.15) is 0 Å². The van der Waals surface area contributed by atoms with Gasteiger partial charge in [0.25, 0.3) is 5.56 Å². The van der Waals surface area contributed by atoms with Crippen molar-refractivity contribution in [3.05, 3.63) is 22.7 Å². The molecule has 1 rings (SSSR count). The average Bonchev–Trinajstić information content (AvgIpc) is 2.20. The van der Waals surface area contributed by atoms with E-state index in [1.165, 1.54) is 6.20 Å². The molecule has 0 spiro atoms. The number of nitrogens with two attached hydrogens (primary N) is 1. The zero-order chi connectivity index (χ0) is 11.3. The maximum Gasteiger partial charge on any atom is 0.290 e. The van der Waals surface area contributed by atoms with Gasteiger partial charge in [0.15, 0.2) is 5.82 Å². The summed E-state index contributed by atoms with van der Waals surface area (Å²) in [5.74, 6) is 0.777. The van der Waals surface area contributed by atoms with Crippen molar-refractivity contribution in [3.63, 3.8) is 0 Å². The zero-order valence-corrected chi connectivity index (χ0v) is 9.16. The van der Waals surface area contributed by atoms with Gasteiger partial charge in [0.05, 0.1) is 0 Å². The molecule has 84 valence electrons. The molecule has 1 atom stereocenters. The predicted octanol–water partition coefficient (Wildman–Crippen LogP) is 0.555. The number of anilines is 1. The fraction of sp³-hybridized carbons (Fsp3) is 0.600. The van der Waals surface area contributed by atoms with Crippen molar-refractivity contribution in [2.24, 2.45) is 11.7 Å². The van der Waals surface area contributed by atoms with Crippen LogP contribution in [0, 0.1) is 5.92 Å². The monoisotopic (exact) mass is 210 g/mol. The minimum Gasteiger partial charge on any atom is -0.362 e. The molecule has 5 heteroatoms. The first-order chi connectivity index (χ1) is 7.15. The molecule has 15 heavy (non-hydrogen) atoms. The Bertz CT molecular complexity index is 347. The summed E-state index contributed by atoms with van der Waals surface area (Å²) < 4.78 is 0. The second-order valence-corrected chi connectivity index (χ2v) is 3.84. The van der Waals surface area contributed by atoms with Gasteiger partial charge in [-0.15, -0.1) is 0 Å². The van der Waals surface area contributed by atoms with Gasteiger partial charge in [0, 0.05) is 18.4 Å². The van der Waals surface area contributed by atoms with Crippen molar-refractivity contribution in [1.29, 1.82) is 0 Å². The van der Waals surface area contributed by atoms with Gasteiger partial charge in [-0.05, 0) is 18.9 Å². The summed E-state index contributed by atoms with van der Waals surface area (Å²) in [6.07, 6.45) is 3.90. The SMILES string of the molecule is CC(C)C(CCN)Nc1ncc[nH]c1=O. The summed E-state index contributed by atoms with van der Waals surface area (Å²) in [4.78, 5) is 17.9. The Labute approximate surface area is 89.1 Å². The number of rotatable bonds is 5. The summed E-state index contributed by atoms with van der Waals surface area (Å²) in [7, 11) is 0. The largest absolute Gasteiger partial charge is 0.362 e. The molecule has 5 nitrogen and oxygen atoms in total. The van der Waals surface area contributed by atoms with Crippen LogP contribution in [0.4, 0.5) is 5.82 Å². The van der Waals surface area contributed by atoms with Gasteiger partial charge in [-0.25, -0.2) is 4.98 Å². The van der Waals surface area contributed by atoms with Crippen molar-refractivity contribution in [2.45, 2.75) is 26.3 Å². The van der Waals surface area contributed by atoms with Crippen molar-refractivity contribution >= 4 is 5.82 Å². The van der Waals surface area contributed by atoms with Gasteiger partial charge >= 0.3 is 0 Å². The molecule has 0 aliphatic carbocycles. The lowest BCUT2D eigenvalue weighted by molar-refractivity contribution is 0.497. The van der Waals surface area contributed by atoms with E-state index in [0.29, 0.717) is 18.3 Å². The number of nitrogens with one attached hydrogen (secondary N) is 2. The fourth-order valence-electron chi connectivity index (χ4n) is 1.38. The number of hydrogen-bond acceptors (Lipinski definition) is 4. The van der Waals surface area contributed by atoms with Gasteiger partial charge in [-0.1, -0.05) is 13.8 Å². The van der Waals surface area contributed by atoms with E-state index < -0.39 is 0 Å². The van der Waals surface area contributed by atoms with Gasteiger partial charge in [-0.3, -0.25) is 4.79 Å². The number of hydrogen-bond donors (Lipinski definition) is 3. The second-order valence-electron chi connectivity index (χ2n) is 3.84. The Hall–Kier alpha value is -1.36. The topological polar surface area (TPSA) is 83.8 Å². The van der Waals surface area contributed by atoms with Crippen molar-refractivity contribution in [2.75, 3.05) is 11.9 Å². The van der Waals surface area contributed by atoms with Crippen LogP contribution in [0.1, 0.15) is 20.3 Å². The number of nitrogens with zero attached hydrogens (tertiary/aromatic N) is 1. The molecule has 0 radical (unpaired) electrons. The minimum atomic E-state index is -0.194. The molecule has 0 aliphatic heterocycles. The van der Waals surface area contributed by atoms with Gasteiger partial charge in [0.1, 0.15) is 0 Å². The Balaban J connectivity index is 2.74. The highest BCUT2D eigenvalue weighted by Gasteiger charge is 2.13. The van der Waals surface area contributed by atoms with Gasteiger partial charge in [0.2, 0.25) is 0 Å². The summed E-state index contributed by atoms with van der Waals surface area (Å²) in [5, 5.41) is 3.11. The third kappa shape index (κ3) is 3.36. The van der Waals surface area contributed by atoms with Gasteiger partial charge < -0.3 is 16.0 Å². The average molecular weight is 210 g/mol. The van der Waals surface area contributed by atoms with E-state index in [1.54, 1.807) is 6.20 Å². The van der Waals surface area contributed by atoms with Crippen molar-refractivity contribution in [3.8, 4) is 0 Å². The molecule has 0 aromatic carbocycles. The fourth-order valence-corrected chi connectivity index (χ4v) is 1.38. The third-order valence-corrected chi connectivity index (χ3v) is 2.31. The van der Waals surface area contributed by atoms with E-state index >= 15 is 0 Å². The van der Waals surface area contributed by atoms with Crippen LogP contribution in [0.2, 0.25) is 0 Å². The molecule has 1 aromatic heterocycles. The molecule has 1 unspecified atom stereocenters. The van der Waals surface area contributed by atoms with Crippen molar-refractivity contribution in [1.82, 2.24) is 9.97 Å². The second kappa shape index (κ2) is 5.50. The maximum atomic E-state index is 11.4. The number of aromatic amines is 1. The first-order valence-corrected chi connectivity index (χ1v) is 5.15. The van der Waals surface area contributed by atoms with E-state index in [9.17, 15) is 4.79 Å². The van der Waals surface area contributed by atoms with E-state index in [2.05, 4.69) is 29.1 Å². The third-order valence-electron chi connectivity index (χ3n) is 2.31. The predicted molar refractivity (Wildman–Crippen MR) is 60.8 cm³/mol. The molecule has 1 heterocycles. The Kier molecular flexibility index (Phi) is 4.30. The van der Waals surface area contributed by atoms with E-state index in [-0.39, 0.29) is 11.6 Å². The Morgan fingerprint density at radius 1 is 1.60 bits per heavy atom. The highest BCUT2D eigenvalue weighted by molar-refractivity contribution is 5.31. The quantitative estimate of drug-likeness (QED) is 0.663. The summed E-state index contributed by atoms with van der Waals surface area (Å²) in [6.45, 7) is 4.77. The summed E-state index contributed by atoms with van der Waals surface area (Å²) >= 11 is 0. The molecule has 0 bridgehead atoms. The van der Waals surface area contributed by atoms with Crippen LogP contribution in [0.25, 0.3) is 0 Å². The minimum absolute atomic E-state index is 0.186. The lowest BCUT2D eigenvalue weighted by atomic mass is 10.0. The molecule has 0 saturated carbocycles. The number of H-pyrrole nitrogens is 1. The molecule has 1 aromatic rings. The van der Waals surface area contributed by atoms with Crippen LogP contribution < -0.4 is 16.6 Å². The Morgan fingerprint density at radius 2 is 2.33 bits per heavy atom. The highest BCUT2D eigenvalue weighted by Crippen LogP contribution is 2.09. The molecule has 0 saturated heterocycles. The van der Waals surface area contributed by atoms with Crippen LogP contribution in [-0.2, 0) is 0 Å². The number of aromatic nitrogens is 2. The van der Waals surface area contributed by atoms with Crippen LogP contribution >= 0.6 is 0 Å². The highest BCUT2D eigenvalue weighted by atomic mass is 16.1. The summed E-state index contributed by atoms with van der Waals surface area (Å²) in [5.41, 5.74) is 5.32. The van der Waals surface area contributed by atoms with E-state index in [1.807, 2.05) is 0 Å². The van der Waals surface area contributed by atoms with Crippen LogP contribution in [-0.4, -0.2) is 22.6 Å². The van der Waals surface area contributed by atoms with E-state index in [4.69, 9.17) is 5.73 Å². The zero-order valence-electron chi connectivity index (χ0n) is 9.16. The lowest BCUT2D eigenvalue weighted by Crippen LogP contribution is -2.31. The maximum absolute atomic E-state index is 11.4. The van der Waals surface area contributed by atoms with Crippen LogP contribution in [0.5, 0.6) is 0 Å². The van der Waals surface area contributed by atoms with Crippen LogP contribution in [0.15, 0.2) is 17.2 Å². The smallest absolute Gasteiger partial charge is 0.290 e. The molecule has 0 amide bonds. The first kappa shape index (κ1) is 11.7. The Morgan fingerprint density at radius 3 is 2.87 bits per heavy atom. The molecule has 0 aliphatic rings. The van der Waals surface area contributed by atoms with Crippen molar-refractivity contribution < 1.29 is 0 Å². The normalized spacial score (nSPS) is 12.8. The van der Waals surface area contributed by atoms with E-state index in [0.717, 1.165) is 6.42 Å². The first-order valence-electron chi connectivity index (χ1n) is 5.15. The molecular formula is C10H18N4O.